The van der Waals surface area contributed by atoms with Gasteiger partial charge in [0.1, 0.15) is 5.75 Å². The van der Waals surface area contributed by atoms with Crippen LogP contribution in [0.15, 0.2) is 18.2 Å². The van der Waals surface area contributed by atoms with Crippen molar-refractivity contribution < 1.29 is 24.2 Å². The van der Waals surface area contributed by atoms with Gasteiger partial charge >= 0.3 is 12.0 Å². The Bertz CT molecular complexity index is 697. The lowest BCUT2D eigenvalue weighted by Gasteiger charge is -2.33. The molecule has 1 aliphatic rings. The van der Waals surface area contributed by atoms with Gasteiger partial charge in [-0.15, -0.1) is 0 Å². The lowest BCUT2D eigenvalue weighted by molar-refractivity contribution is -0.126. The molecule has 0 unspecified atom stereocenters. The van der Waals surface area contributed by atoms with E-state index in [0.29, 0.717) is 44.6 Å². The molecule has 8 heteroatoms. The molecule has 148 valence electrons. The smallest absolute Gasteiger partial charge is 0.335 e. The molecule has 0 saturated carbocycles. The number of hydrogen-bond acceptors (Lipinski definition) is 4. The van der Waals surface area contributed by atoms with Crippen molar-refractivity contribution in [1.82, 2.24) is 15.1 Å². The first kappa shape index (κ1) is 20.5. The monoisotopic (exact) mass is 377 g/mol. The van der Waals surface area contributed by atoms with Gasteiger partial charge in [0.05, 0.1) is 12.7 Å². The number of urea groups is 1. The van der Waals surface area contributed by atoms with E-state index in [-0.39, 0.29) is 23.4 Å². The number of likely N-dealkylation sites (tertiary alicyclic amines) is 1. The molecule has 8 nitrogen and oxygen atoms in total. The molecule has 27 heavy (non-hydrogen) atoms. The number of aromatic carboxylic acids is 1. The zero-order chi connectivity index (χ0) is 20.0. The van der Waals surface area contributed by atoms with Gasteiger partial charge in [-0.1, -0.05) is 6.07 Å². The molecule has 2 rings (SSSR count). The molecule has 1 saturated heterocycles. The number of methoxy groups -OCH3 is 1. The Balaban J connectivity index is 1.82. The Hall–Kier alpha value is -2.77. The third-order valence-corrected chi connectivity index (χ3v) is 4.75. The largest absolute Gasteiger partial charge is 0.496 e. The number of rotatable bonds is 6. The van der Waals surface area contributed by atoms with Gasteiger partial charge in [0, 0.05) is 39.6 Å². The van der Waals surface area contributed by atoms with Gasteiger partial charge in [-0.05, 0) is 37.0 Å². The number of amides is 3. The highest BCUT2D eigenvalue weighted by atomic mass is 16.5. The first-order chi connectivity index (χ1) is 12.8. The lowest BCUT2D eigenvalue weighted by atomic mass is 9.96. The number of nitrogens with zero attached hydrogens (tertiary/aromatic N) is 2. The number of carboxylic acid groups (broad SMARTS) is 1. The Morgan fingerprint density at radius 2 is 1.93 bits per heavy atom. The molecule has 1 aromatic rings. The van der Waals surface area contributed by atoms with Gasteiger partial charge in [-0.25, -0.2) is 9.59 Å². The molecule has 0 aromatic heterocycles. The van der Waals surface area contributed by atoms with Crippen LogP contribution in [0.3, 0.4) is 0 Å². The van der Waals surface area contributed by atoms with E-state index in [4.69, 9.17) is 9.84 Å². The van der Waals surface area contributed by atoms with Crippen molar-refractivity contribution in [2.75, 3.05) is 40.8 Å². The van der Waals surface area contributed by atoms with E-state index in [2.05, 4.69) is 5.32 Å². The fourth-order valence-electron chi connectivity index (χ4n) is 3.16. The second-order valence-electron chi connectivity index (χ2n) is 6.81. The van der Waals surface area contributed by atoms with E-state index in [1.54, 1.807) is 30.0 Å². The van der Waals surface area contributed by atoms with Crippen LogP contribution >= 0.6 is 0 Å². The van der Waals surface area contributed by atoms with Crippen molar-refractivity contribution in [2.24, 2.45) is 5.92 Å². The molecule has 0 radical (unpaired) electrons. The predicted molar refractivity (Wildman–Crippen MR) is 100 cm³/mol. The van der Waals surface area contributed by atoms with Crippen LogP contribution in [0, 0.1) is 5.92 Å². The standard InChI is InChI=1S/C19H27N3O5/c1-21(2)19(26)22-10-7-14(8-11-22)17(23)20-9-6-13-4-5-15(18(24)25)12-16(13)27-3/h4-5,12,14H,6-11H2,1-3H3,(H,20,23)(H,24,25). The maximum Gasteiger partial charge on any atom is 0.335 e. The molecule has 1 heterocycles. The Morgan fingerprint density at radius 1 is 1.26 bits per heavy atom. The second-order valence-corrected chi connectivity index (χ2v) is 6.81. The van der Waals surface area contributed by atoms with Gasteiger partial charge in [0.25, 0.3) is 0 Å². The average molecular weight is 377 g/mol. The summed E-state index contributed by atoms with van der Waals surface area (Å²) in [5.74, 6) is -0.604. The molecule has 0 aliphatic carbocycles. The van der Waals surface area contributed by atoms with Gasteiger partial charge in [-0.3, -0.25) is 4.79 Å². The molecule has 1 aliphatic heterocycles. The van der Waals surface area contributed by atoms with Crippen LogP contribution in [0.1, 0.15) is 28.8 Å². The Labute approximate surface area is 159 Å². The zero-order valence-corrected chi connectivity index (χ0v) is 16.0. The number of carboxylic acids is 1. The molecule has 0 bridgehead atoms. The Morgan fingerprint density at radius 3 is 2.48 bits per heavy atom. The summed E-state index contributed by atoms with van der Waals surface area (Å²) < 4.78 is 5.25. The number of carbonyl (C=O) groups is 3. The molecule has 1 aromatic carbocycles. The maximum absolute atomic E-state index is 12.4. The molecule has 0 atom stereocenters. The highest BCUT2D eigenvalue weighted by Gasteiger charge is 2.27. The fraction of sp³-hybridized carbons (Fsp3) is 0.526. The van der Waals surface area contributed by atoms with E-state index in [0.717, 1.165) is 5.56 Å². The number of hydrogen-bond donors (Lipinski definition) is 2. The zero-order valence-electron chi connectivity index (χ0n) is 16.0. The summed E-state index contributed by atoms with van der Waals surface area (Å²) in [6.07, 6.45) is 1.86. The summed E-state index contributed by atoms with van der Waals surface area (Å²) in [6.45, 7) is 1.61. The number of carbonyl (C=O) groups excluding carboxylic acids is 2. The van der Waals surface area contributed by atoms with Crippen LogP contribution in [-0.2, 0) is 11.2 Å². The predicted octanol–water partition coefficient (Wildman–Crippen LogP) is 1.45. The lowest BCUT2D eigenvalue weighted by Crippen LogP contribution is -2.46. The van der Waals surface area contributed by atoms with E-state index >= 15 is 0 Å². The first-order valence-electron chi connectivity index (χ1n) is 8.97. The summed E-state index contributed by atoms with van der Waals surface area (Å²) in [7, 11) is 4.93. The van der Waals surface area contributed by atoms with Crippen LogP contribution in [0.25, 0.3) is 0 Å². The minimum atomic E-state index is -1.01. The van der Waals surface area contributed by atoms with Crippen LogP contribution in [-0.4, -0.2) is 73.7 Å². The van der Waals surface area contributed by atoms with Crippen LogP contribution in [0.4, 0.5) is 4.79 Å². The third kappa shape index (κ3) is 5.35. The summed E-state index contributed by atoms with van der Waals surface area (Å²) in [5.41, 5.74) is 1.01. The summed E-state index contributed by atoms with van der Waals surface area (Å²) in [4.78, 5) is 38.6. The number of ether oxygens (including phenoxy) is 1. The minimum Gasteiger partial charge on any atom is -0.496 e. The van der Waals surface area contributed by atoms with E-state index < -0.39 is 5.97 Å². The molecular weight excluding hydrogens is 350 g/mol. The van der Waals surface area contributed by atoms with Gasteiger partial charge in [0.15, 0.2) is 0 Å². The minimum absolute atomic E-state index is 0.00641. The number of nitrogens with one attached hydrogen (secondary N) is 1. The van der Waals surface area contributed by atoms with E-state index in [9.17, 15) is 14.4 Å². The highest BCUT2D eigenvalue weighted by Crippen LogP contribution is 2.21. The van der Waals surface area contributed by atoms with Crippen LogP contribution in [0.2, 0.25) is 0 Å². The third-order valence-electron chi connectivity index (χ3n) is 4.75. The van der Waals surface area contributed by atoms with Gasteiger partial charge < -0.3 is 25.0 Å². The Kier molecular flexibility index (Phi) is 7.04. The van der Waals surface area contributed by atoms with Gasteiger partial charge in [0.2, 0.25) is 5.91 Å². The van der Waals surface area contributed by atoms with E-state index in [1.807, 2.05) is 0 Å². The van der Waals surface area contributed by atoms with E-state index in [1.165, 1.54) is 19.2 Å². The van der Waals surface area contributed by atoms with Crippen LogP contribution in [0.5, 0.6) is 5.75 Å². The fourth-order valence-corrected chi connectivity index (χ4v) is 3.16. The van der Waals surface area contributed by atoms with Crippen molar-refractivity contribution in [3.8, 4) is 5.75 Å². The molecule has 2 N–H and O–H groups in total. The summed E-state index contributed by atoms with van der Waals surface area (Å²) >= 11 is 0. The summed E-state index contributed by atoms with van der Waals surface area (Å²) in [5, 5.41) is 12.0. The van der Waals surface area contributed by atoms with Gasteiger partial charge in [-0.2, -0.15) is 0 Å². The van der Waals surface area contributed by atoms with Crippen molar-refractivity contribution in [1.29, 1.82) is 0 Å². The molecule has 3 amide bonds. The quantitative estimate of drug-likeness (QED) is 0.782. The topological polar surface area (TPSA) is 99.2 Å². The van der Waals surface area contributed by atoms with Crippen molar-refractivity contribution in [2.45, 2.75) is 19.3 Å². The highest BCUT2D eigenvalue weighted by molar-refractivity contribution is 5.88. The number of benzene rings is 1. The molecular formula is C19H27N3O5. The van der Waals surface area contributed by atoms with Crippen molar-refractivity contribution in [3.63, 3.8) is 0 Å². The average Bonchev–Trinajstić information content (AvgIpc) is 2.67. The first-order valence-corrected chi connectivity index (χ1v) is 8.97. The van der Waals surface area contributed by atoms with Crippen molar-refractivity contribution >= 4 is 17.9 Å². The van der Waals surface area contributed by atoms with Crippen molar-refractivity contribution in [3.05, 3.63) is 29.3 Å². The molecule has 0 spiro atoms. The van der Waals surface area contributed by atoms with Crippen LogP contribution < -0.4 is 10.1 Å². The SMILES string of the molecule is COc1cc(C(=O)O)ccc1CCNC(=O)C1CCN(C(=O)N(C)C)CC1. The maximum atomic E-state index is 12.4. The molecule has 1 fully saturated rings. The normalized spacial score (nSPS) is 14.6. The number of piperidine rings is 1. The second kappa shape index (κ2) is 9.25. The summed E-state index contributed by atoms with van der Waals surface area (Å²) in [6, 6.07) is 4.70.